The third-order valence-electron chi connectivity index (χ3n) is 5.70. The smallest absolute Gasteiger partial charge is 0.414 e. The average Bonchev–Trinajstić information content (AvgIpc) is 3.59. The second-order valence-electron chi connectivity index (χ2n) is 8.02. The number of amides is 2. The van der Waals surface area contributed by atoms with Crippen LogP contribution in [0.15, 0.2) is 47.4 Å². The standard InChI is InChI=1S/C23H26N2O5S/c1-4-30-23(27)24-14-15(2)25(16(3)26)21-11-8-18(13-22(21)24)17-6-5-7-20(12-17)31(28,29)19-9-10-19/h5-8,11-13,15,19H,4,9-10,14H2,1-3H3. The van der Waals surface area contributed by atoms with E-state index in [1.807, 2.05) is 25.1 Å². The number of nitrogens with zero attached hydrogens (tertiary/aromatic N) is 2. The van der Waals surface area contributed by atoms with E-state index in [1.54, 1.807) is 36.1 Å². The second kappa shape index (κ2) is 8.00. The van der Waals surface area contributed by atoms with Crippen LogP contribution in [-0.4, -0.2) is 44.9 Å². The maximum Gasteiger partial charge on any atom is 0.414 e. The molecule has 2 aliphatic rings. The van der Waals surface area contributed by atoms with Gasteiger partial charge in [-0.2, -0.15) is 0 Å². The van der Waals surface area contributed by atoms with Gasteiger partial charge in [0, 0.05) is 13.5 Å². The molecule has 0 radical (unpaired) electrons. The molecule has 0 spiro atoms. The molecule has 31 heavy (non-hydrogen) atoms. The van der Waals surface area contributed by atoms with Crippen molar-refractivity contribution in [2.75, 3.05) is 23.0 Å². The highest BCUT2D eigenvalue weighted by molar-refractivity contribution is 7.92. The fourth-order valence-electron chi connectivity index (χ4n) is 4.08. The summed E-state index contributed by atoms with van der Waals surface area (Å²) >= 11 is 0. The predicted octanol–water partition coefficient (Wildman–Crippen LogP) is 4.01. The van der Waals surface area contributed by atoms with Gasteiger partial charge in [0.15, 0.2) is 9.84 Å². The van der Waals surface area contributed by atoms with Gasteiger partial charge in [0.2, 0.25) is 5.91 Å². The summed E-state index contributed by atoms with van der Waals surface area (Å²) in [6.07, 6.45) is 0.943. The van der Waals surface area contributed by atoms with Crippen LogP contribution in [0.3, 0.4) is 0 Å². The van der Waals surface area contributed by atoms with Crippen molar-refractivity contribution >= 4 is 33.2 Å². The Kier molecular flexibility index (Phi) is 5.51. The number of ether oxygens (including phenoxy) is 1. The Morgan fingerprint density at radius 1 is 1.06 bits per heavy atom. The van der Waals surface area contributed by atoms with Gasteiger partial charge >= 0.3 is 6.09 Å². The third-order valence-corrected chi connectivity index (χ3v) is 7.96. The molecule has 1 heterocycles. The maximum atomic E-state index is 12.7. The quantitative estimate of drug-likeness (QED) is 0.714. The molecule has 2 amide bonds. The molecule has 0 saturated heterocycles. The van der Waals surface area contributed by atoms with E-state index >= 15 is 0 Å². The fraction of sp³-hybridized carbons (Fsp3) is 0.391. The molecule has 4 rings (SSSR count). The number of carbonyl (C=O) groups excluding carboxylic acids is 2. The molecule has 1 aliphatic carbocycles. The Morgan fingerprint density at radius 3 is 2.42 bits per heavy atom. The van der Waals surface area contributed by atoms with Gasteiger partial charge in [0.1, 0.15) is 0 Å². The lowest BCUT2D eigenvalue weighted by molar-refractivity contribution is -0.117. The van der Waals surface area contributed by atoms with Crippen molar-refractivity contribution in [3.05, 3.63) is 42.5 Å². The van der Waals surface area contributed by atoms with Crippen LogP contribution in [0.25, 0.3) is 11.1 Å². The van der Waals surface area contributed by atoms with E-state index in [0.29, 0.717) is 35.7 Å². The van der Waals surface area contributed by atoms with E-state index in [2.05, 4.69) is 0 Å². The van der Waals surface area contributed by atoms with Gasteiger partial charge in [-0.1, -0.05) is 18.2 Å². The number of hydrogen-bond donors (Lipinski definition) is 0. The Hall–Kier alpha value is -2.87. The number of carbonyl (C=O) groups is 2. The third kappa shape index (κ3) is 3.92. The van der Waals surface area contributed by atoms with Crippen molar-refractivity contribution in [3.8, 4) is 11.1 Å². The van der Waals surface area contributed by atoms with Gasteiger partial charge in [-0.15, -0.1) is 0 Å². The van der Waals surface area contributed by atoms with Gasteiger partial charge < -0.3 is 9.64 Å². The van der Waals surface area contributed by atoms with Crippen molar-refractivity contribution in [1.29, 1.82) is 0 Å². The average molecular weight is 443 g/mol. The molecule has 1 atom stereocenters. The van der Waals surface area contributed by atoms with Crippen LogP contribution in [0.1, 0.15) is 33.6 Å². The van der Waals surface area contributed by atoms with Crippen LogP contribution < -0.4 is 9.80 Å². The lowest BCUT2D eigenvalue weighted by Gasteiger charge is -2.40. The molecule has 1 saturated carbocycles. The van der Waals surface area contributed by atoms with Crippen molar-refractivity contribution in [2.24, 2.45) is 0 Å². The number of rotatable bonds is 4. The first-order chi connectivity index (χ1) is 14.7. The lowest BCUT2D eigenvalue weighted by atomic mass is 10.0. The highest BCUT2D eigenvalue weighted by atomic mass is 32.2. The Labute approximate surface area is 182 Å². The molecule has 164 valence electrons. The van der Waals surface area contributed by atoms with Gasteiger partial charge in [-0.05, 0) is 62.1 Å². The van der Waals surface area contributed by atoms with Crippen LogP contribution in [-0.2, 0) is 19.4 Å². The molecule has 2 aromatic rings. The summed E-state index contributed by atoms with van der Waals surface area (Å²) in [6.45, 7) is 5.69. The van der Waals surface area contributed by atoms with E-state index in [4.69, 9.17) is 4.74 Å². The molecular formula is C23H26N2O5S. The van der Waals surface area contributed by atoms with Crippen LogP contribution in [0.4, 0.5) is 16.2 Å². The van der Waals surface area contributed by atoms with Crippen LogP contribution in [0.5, 0.6) is 0 Å². The van der Waals surface area contributed by atoms with Crippen molar-refractivity contribution < 1.29 is 22.7 Å². The highest BCUT2D eigenvalue weighted by Crippen LogP contribution is 2.40. The zero-order chi connectivity index (χ0) is 22.3. The fourth-order valence-corrected chi connectivity index (χ4v) is 5.78. The van der Waals surface area contributed by atoms with Gasteiger partial charge in [0.25, 0.3) is 0 Å². The van der Waals surface area contributed by atoms with Gasteiger partial charge in [-0.3, -0.25) is 9.69 Å². The lowest BCUT2D eigenvalue weighted by Crippen LogP contribution is -2.51. The Balaban J connectivity index is 1.79. The van der Waals surface area contributed by atoms with Crippen LogP contribution >= 0.6 is 0 Å². The van der Waals surface area contributed by atoms with E-state index in [-0.39, 0.29) is 23.8 Å². The zero-order valence-corrected chi connectivity index (χ0v) is 18.7. The minimum Gasteiger partial charge on any atom is -0.449 e. The Bertz CT molecular complexity index is 1140. The first-order valence-electron chi connectivity index (χ1n) is 10.5. The first-order valence-corrected chi connectivity index (χ1v) is 12.0. The van der Waals surface area contributed by atoms with E-state index < -0.39 is 15.9 Å². The molecule has 1 unspecified atom stereocenters. The summed E-state index contributed by atoms with van der Waals surface area (Å²) in [7, 11) is -3.31. The molecule has 0 N–H and O–H groups in total. The summed E-state index contributed by atoms with van der Waals surface area (Å²) in [6, 6.07) is 12.1. The number of fused-ring (bicyclic) bond motifs is 1. The van der Waals surface area contributed by atoms with Gasteiger partial charge in [-0.25, -0.2) is 13.2 Å². The Morgan fingerprint density at radius 2 is 1.77 bits per heavy atom. The zero-order valence-electron chi connectivity index (χ0n) is 17.9. The van der Waals surface area contributed by atoms with E-state index in [9.17, 15) is 18.0 Å². The normalized spacial score (nSPS) is 18.5. The number of sulfone groups is 1. The second-order valence-corrected chi connectivity index (χ2v) is 10.3. The molecular weight excluding hydrogens is 416 g/mol. The molecule has 0 aromatic heterocycles. The first kappa shape index (κ1) is 21.4. The van der Waals surface area contributed by atoms with Crippen LogP contribution in [0, 0.1) is 0 Å². The number of benzene rings is 2. The molecule has 0 bridgehead atoms. The molecule has 1 aliphatic heterocycles. The van der Waals surface area contributed by atoms with Crippen molar-refractivity contribution in [3.63, 3.8) is 0 Å². The summed E-state index contributed by atoms with van der Waals surface area (Å²) < 4.78 is 30.6. The summed E-state index contributed by atoms with van der Waals surface area (Å²) in [5.41, 5.74) is 2.70. The van der Waals surface area contributed by atoms with Gasteiger partial charge in [0.05, 0.1) is 34.2 Å². The summed E-state index contributed by atoms with van der Waals surface area (Å²) in [4.78, 5) is 28.4. The maximum absolute atomic E-state index is 12.7. The van der Waals surface area contributed by atoms with Crippen molar-refractivity contribution in [2.45, 2.75) is 49.8 Å². The highest BCUT2D eigenvalue weighted by Gasteiger charge is 2.37. The number of anilines is 2. The van der Waals surface area contributed by atoms with E-state index in [1.165, 1.54) is 11.8 Å². The largest absolute Gasteiger partial charge is 0.449 e. The summed E-state index contributed by atoms with van der Waals surface area (Å²) in [5.74, 6) is -0.109. The molecule has 8 heteroatoms. The van der Waals surface area contributed by atoms with Crippen LogP contribution in [0.2, 0.25) is 0 Å². The minimum absolute atomic E-state index is 0.109. The number of hydrogen-bond acceptors (Lipinski definition) is 5. The topological polar surface area (TPSA) is 84.0 Å². The van der Waals surface area contributed by atoms with Crippen molar-refractivity contribution in [1.82, 2.24) is 0 Å². The predicted molar refractivity (Wildman–Crippen MR) is 119 cm³/mol. The molecule has 7 nitrogen and oxygen atoms in total. The SMILES string of the molecule is CCOC(=O)N1CC(C)N(C(C)=O)c2ccc(-c3cccc(S(=O)(=O)C4CC4)c3)cc21. The monoisotopic (exact) mass is 442 g/mol. The van der Waals surface area contributed by atoms with E-state index in [0.717, 1.165) is 11.1 Å². The minimum atomic E-state index is -3.31. The summed E-state index contributed by atoms with van der Waals surface area (Å²) in [5, 5.41) is -0.281. The molecule has 2 aromatic carbocycles. The molecule has 1 fully saturated rings.